The van der Waals surface area contributed by atoms with Gasteiger partial charge in [-0.25, -0.2) is 0 Å². The second kappa shape index (κ2) is 8.64. The quantitative estimate of drug-likeness (QED) is 0.750. The van der Waals surface area contributed by atoms with Crippen molar-refractivity contribution in [2.75, 3.05) is 26.4 Å². The van der Waals surface area contributed by atoms with Gasteiger partial charge in [0.25, 0.3) is 5.56 Å². The van der Waals surface area contributed by atoms with Gasteiger partial charge in [0.2, 0.25) is 0 Å². The average Bonchev–Trinajstić information content (AvgIpc) is 3.53. The Morgan fingerprint density at radius 3 is 2.86 bits per heavy atom. The molecule has 2 fully saturated rings. The second-order valence-electron chi connectivity index (χ2n) is 7.38. The third-order valence-electron chi connectivity index (χ3n) is 4.90. The Labute approximate surface area is 165 Å². The molecule has 0 radical (unpaired) electrons. The molecule has 28 heavy (non-hydrogen) atoms. The second-order valence-corrected chi connectivity index (χ2v) is 7.38. The number of pyridine rings is 1. The summed E-state index contributed by atoms with van der Waals surface area (Å²) in [5.74, 6) is 7.66. The van der Waals surface area contributed by atoms with E-state index >= 15 is 0 Å². The monoisotopic (exact) mass is 379 g/mol. The molecule has 4 rings (SSSR count). The summed E-state index contributed by atoms with van der Waals surface area (Å²) >= 11 is 0. The predicted octanol–water partition coefficient (Wildman–Crippen LogP) is 2.76. The highest BCUT2D eigenvalue weighted by Gasteiger charge is 2.18. The molecular weight excluding hydrogens is 354 g/mol. The van der Waals surface area contributed by atoms with Crippen molar-refractivity contribution < 1.29 is 14.2 Å². The van der Waals surface area contributed by atoms with Gasteiger partial charge in [0.15, 0.2) is 0 Å². The number of aromatic nitrogens is 1. The van der Waals surface area contributed by atoms with Crippen molar-refractivity contribution in [2.45, 2.75) is 32.4 Å². The number of hydrogen-bond acceptors (Lipinski definition) is 4. The zero-order chi connectivity index (χ0) is 19.3. The van der Waals surface area contributed by atoms with Crippen molar-refractivity contribution in [1.82, 2.24) is 4.57 Å². The average molecular weight is 379 g/mol. The van der Waals surface area contributed by atoms with Crippen LogP contribution in [0.1, 0.15) is 29.7 Å². The molecule has 1 unspecified atom stereocenters. The molecule has 1 aromatic carbocycles. The first kappa shape index (κ1) is 18.8. The minimum Gasteiger partial charge on any atom is -0.491 e. The van der Waals surface area contributed by atoms with Crippen LogP contribution < -0.4 is 10.3 Å². The summed E-state index contributed by atoms with van der Waals surface area (Å²) in [6, 6.07) is 11.5. The van der Waals surface area contributed by atoms with Crippen LogP contribution in [0.4, 0.5) is 0 Å². The molecule has 2 heterocycles. The molecule has 2 aliphatic rings. The fourth-order valence-electron chi connectivity index (χ4n) is 3.15. The van der Waals surface area contributed by atoms with Crippen LogP contribution in [0.25, 0.3) is 0 Å². The number of ether oxygens (including phenoxy) is 3. The van der Waals surface area contributed by atoms with Crippen LogP contribution in [0.15, 0.2) is 41.2 Å². The summed E-state index contributed by atoms with van der Waals surface area (Å²) in [4.78, 5) is 12.6. The Bertz CT molecular complexity index is 943. The van der Waals surface area contributed by atoms with E-state index in [-0.39, 0.29) is 11.7 Å². The summed E-state index contributed by atoms with van der Waals surface area (Å²) in [6.07, 6.45) is 2.35. The van der Waals surface area contributed by atoms with Crippen LogP contribution in [0.2, 0.25) is 0 Å². The lowest BCUT2D eigenvalue weighted by Gasteiger charge is -2.23. The fourth-order valence-corrected chi connectivity index (χ4v) is 3.15. The molecule has 146 valence electrons. The van der Waals surface area contributed by atoms with Crippen molar-refractivity contribution in [3.63, 3.8) is 0 Å². The highest BCUT2D eigenvalue weighted by Crippen LogP contribution is 2.27. The fraction of sp³-hybridized carbons (Fsp3) is 0.435. The molecule has 1 atom stereocenters. The topological polar surface area (TPSA) is 49.7 Å². The number of nitrogens with zero attached hydrogens (tertiary/aromatic N) is 1. The van der Waals surface area contributed by atoms with Gasteiger partial charge in [-0.05, 0) is 43.5 Å². The molecule has 0 spiro atoms. The summed E-state index contributed by atoms with van der Waals surface area (Å²) in [7, 11) is 0. The minimum atomic E-state index is -0.0871. The molecule has 0 amide bonds. The number of rotatable bonds is 5. The third-order valence-corrected chi connectivity index (χ3v) is 4.90. The van der Waals surface area contributed by atoms with Gasteiger partial charge < -0.3 is 18.8 Å². The number of aryl methyl sites for hydroxylation is 1. The first-order valence-corrected chi connectivity index (χ1v) is 9.81. The summed E-state index contributed by atoms with van der Waals surface area (Å²) in [5, 5.41) is 0. The Hall–Kier alpha value is -2.55. The van der Waals surface area contributed by atoms with E-state index < -0.39 is 0 Å². The maximum absolute atomic E-state index is 12.6. The van der Waals surface area contributed by atoms with Crippen LogP contribution in [-0.4, -0.2) is 37.1 Å². The van der Waals surface area contributed by atoms with Gasteiger partial charge in [-0.3, -0.25) is 4.79 Å². The van der Waals surface area contributed by atoms with Gasteiger partial charge >= 0.3 is 0 Å². The van der Waals surface area contributed by atoms with E-state index in [0.717, 1.165) is 16.8 Å². The zero-order valence-electron chi connectivity index (χ0n) is 16.1. The highest BCUT2D eigenvalue weighted by molar-refractivity contribution is 5.38. The molecule has 1 aromatic heterocycles. The van der Waals surface area contributed by atoms with Gasteiger partial charge in [0.05, 0.1) is 26.4 Å². The van der Waals surface area contributed by atoms with Gasteiger partial charge in [0.1, 0.15) is 18.5 Å². The van der Waals surface area contributed by atoms with Gasteiger partial charge in [-0.15, -0.1) is 0 Å². The smallest absolute Gasteiger partial charge is 0.254 e. The van der Waals surface area contributed by atoms with E-state index in [1.54, 1.807) is 4.57 Å². The Balaban J connectivity index is 1.44. The lowest BCUT2D eigenvalue weighted by atomic mass is 10.1. The predicted molar refractivity (Wildman–Crippen MR) is 107 cm³/mol. The van der Waals surface area contributed by atoms with Crippen molar-refractivity contribution in [3.05, 3.63) is 63.6 Å². The van der Waals surface area contributed by atoms with E-state index in [9.17, 15) is 4.79 Å². The Kier molecular flexibility index (Phi) is 5.80. The maximum Gasteiger partial charge on any atom is 0.254 e. The molecule has 1 saturated heterocycles. The normalized spacial score (nSPS) is 19.0. The molecule has 2 aromatic rings. The summed E-state index contributed by atoms with van der Waals surface area (Å²) < 4.78 is 18.4. The lowest BCUT2D eigenvalue weighted by molar-refractivity contribution is -0.101. The van der Waals surface area contributed by atoms with Crippen LogP contribution in [-0.2, 0) is 16.0 Å². The van der Waals surface area contributed by atoms with E-state index in [1.807, 2.05) is 31.2 Å². The van der Waals surface area contributed by atoms with Crippen LogP contribution in [0.3, 0.4) is 0 Å². The summed E-state index contributed by atoms with van der Waals surface area (Å²) in [6.45, 7) is 4.55. The number of hydrogen-bond donors (Lipinski definition) is 0. The molecule has 5 heteroatoms. The maximum atomic E-state index is 12.6. The molecule has 1 aliphatic carbocycles. The highest BCUT2D eigenvalue weighted by atomic mass is 16.6. The Morgan fingerprint density at radius 1 is 1.21 bits per heavy atom. The Morgan fingerprint density at radius 2 is 2.11 bits per heavy atom. The standard InChI is InChI=1S/C23H25NO4/c1-17-11-21(28-16-22-15-26-9-10-27-22)13-23(25)24(17)14-20-4-2-3-19(12-20)8-7-18-5-6-18/h2-4,11-13,18,22H,5-6,9-10,14-16H2,1H3. The van der Waals surface area contributed by atoms with E-state index in [0.29, 0.717) is 44.6 Å². The van der Waals surface area contributed by atoms with Gasteiger partial charge in [-0.1, -0.05) is 24.0 Å². The minimum absolute atomic E-state index is 0.0784. The lowest BCUT2D eigenvalue weighted by Crippen LogP contribution is -2.33. The first-order valence-electron chi connectivity index (χ1n) is 9.81. The van der Waals surface area contributed by atoms with Crippen LogP contribution >= 0.6 is 0 Å². The van der Waals surface area contributed by atoms with E-state index in [2.05, 4.69) is 17.9 Å². The molecule has 1 saturated carbocycles. The van der Waals surface area contributed by atoms with Crippen LogP contribution in [0, 0.1) is 24.7 Å². The van der Waals surface area contributed by atoms with Crippen molar-refractivity contribution >= 4 is 0 Å². The SMILES string of the molecule is Cc1cc(OCC2COCCO2)cc(=O)n1Cc1cccc(C#CC2CC2)c1. The van der Waals surface area contributed by atoms with Crippen molar-refractivity contribution in [2.24, 2.45) is 5.92 Å². The third kappa shape index (κ3) is 5.03. The van der Waals surface area contributed by atoms with E-state index in [1.165, 1.54) is 18.9 Å². The largest absolute Gasteiger partial charge is 0.491 e. The number of benzene rings is 1. The summed E-state index contributed by atoms with van der Waals surface area (Å²) in [5.41, 5.74) is 2.85. The molecule has 0 bridgehead atoms. The molecule has 1 aliphatic heterocycles. The van der Waals surface area contributed by atoms with Crippen molar-refractivity contribution in [3.8, 4) is 17.6 Å². The molecular formula is C23H25NO4. The molecule has 5 nitrogen and oxygen atoms in total. The molecule has 0 N–H and O–H groups in total. The first-order chi connectivity index (χ1) is 13.7. The van der Waals surface area contributed by atoms with Crippen LogP contribution in [0.5, 0.6) is 5.75 Å². The van der Waals surface area contributed by atoms with E-state index in [4.69, 9.17) is 14.2 Å². The van der Waals surface area contributed by atoms with Gasteiger partial charge in [0, 0.05) is 23.2 Å². The zero-order valence-corrected chi connectivity index (χ0v) is 16.1. The van der Waals surface area contributed by atoms with Gasteiger partial charge in [-0.2, -0.15) is 0 Å². The van der Waals surface area contributed by atoms with Crippen molar-refractivity contribution in [1.29, 1.82) is 0 Å².